The topological polar surface area (TPSA) is 119 Å². The van der Waals surface area contributed by atoms with Crippen molar-refractivity contribution in [2.24, 2.45) is 0 Å². The number of hydrogen-bond acceptors (Lipinski definition) is 5. The largest absolute Gasteiger partial charge is 0.477 e. The molecule has 2 aromatic rings. The molecule has 27 heavy (non-hydrogen) atoms. The first-order chi connectivity index (χ1) is 13.0. The lowest BCUT2D eigenvalue weighted by Gasteiger charge is -2.32. The van der Waals surface area contributed by atoms with Gasteiger partial charge in [-0.15, -0.1) is 0 Å². The van der Waals surface area contributed by atoms with Crippen LogP contribution < -0.4 is 11.1 Å². The molecule has 1 aliphatic rings. The van der Waals surface area contributed by atoms with E-state index in [-0.39, 0.29) is 36.1 Å². The van der Waals surface area contributed by atoms with Crippen molar-refractivity contribution in [3.05, 3.63) is 47.7 Å². The van der Waals surface area contributed by atoms with E-state index in [4.69, 9.17) is 15.6 Å². The Morgan fingerprint density at radius 2 is 2.00 bits per heavy atom. The van der Waals surface area contributed by atoms with Crippen molar-refractivity contribution in [3.8, 4) is 0 Å². The molecule has 1 aromatic heterocycles. The average Bonchev–Trinajstić information content (AvgIpc) is 3.02. The standard InChI is InChI=1S/C19H24N4O4/c20-17-10-15(19(25)26)23(22-17)11-18(24)21-14-8-4-5-9-16(14)27-12-13-6-2-1-3-7-13/h1-3,6-7,10,14,16H,4-5,8-9,11-12H2,(H2,20,22)(H,21,24)(H,25,26). The van der Waals surface area contributed by atoms with Crippen molar-refractivity contribution in [3.63, 3.8) is 0 Å². The molecule has 8 heteroatoms. The molecule has 0 bridgehead atoms. The summed E-state index contributed by atoms with van der Waals surface area (Å²) in [6.45, 7) is 0.303. The number of amides is 1. The summed E-state index contributed by atoms with van der Waals surface area (Å²) in [5.74, 6) is -1.41. The third-order valence-electron chi connectivity index (χ3n) is 4.67. The number of benzene rings is 1. The molecule has 0 saturated heterocycles. The molecule has 1 aliphatic carbocycles. The molecule has 0 spiro atoms. The van der Waals surface area contributed by atoms with E-state index in [1.807, 2.05) is 30.3 Å². The zero-order valence-electron chi connectivity index (χ0n) is 15.0. The third-order valence-corrected chi connectivity index (χ3v) is 4.67. The Kier molecular flexibility index (Phi) is 6.08. The molecule has 8 nitrogen and oxygen atoms in total. The SMILES string of the molecule is Nc1cc(C(=O)O)n(CC(=O)NC2CCCCC2OCc2ccccc2)n1. The highest BCUT2D eigenvalue weighted by Gasteiger charge is 2.27. The van der Waals surface area contributed by atoms with Crippen LogP contribution >= 0.6 is 0 Å². The van der Waals surface area contributed by atoms with Gasteiger partial charge >= 0.3 is 5.97 Å². The minimum atomic E-state index is -1.17. The van der Waals surface area contributed by atoms with Crippen LogP contribution in [0.5, 0.6) is 0 Å². The van der Waals surface area contributed by atoms with Crippen LogP contribution in [0.3, 0.4) is 0 Å². The molecule has 1 amide bonds. The number of nitrogens with one attached hydrogen (secondary N) is 1. The molecule has 4 N–H and O–H groups in total. The summed E-state index contributed by atoms with van der Waals surface area (Å²) in [4.78, 5) is 23.6. The molecule has 144 valence electrons. The maximum absolute atomic E-state index is 12.4. The van der Waals surface area contributed by atoms with E-state index >= 15 is 0 Å². The Bertz CT molecular complexity index is 790. The average molecular weight is 372 g/mol. The number of carbonyl (C=O) groups excluding carboxylic acids is 1. The van der Waals surface area contributed by atoms with Crippen molar-refractivity contribution < 1.29 is 19.4 Å². The molecule has 0 aliphatic heterocycles. The van der Waals surface area contributed by atoms with Crippen molar-refractivity contribution >= 4 is 17.7 Å². The predicted molar refractivity (Wildman–Crippen MR) is 99.0 cm³/mol. The summed E-state index contributed by atoms with van der Waals surface area (Å²) < 4.78 is 7.15. The van der Waals surface area contributed by atoms with Crippen LogP contribution in [0, 0.1) is 0 Å². The summed E-state index contributed by atoms with van der Waals surface area (Å²) >= 11 is 0. The van der Waals surface area contributed by atoms with Crippen molar-refractivity contribution in [1.29, 1.82) is 0 Å². The number of ether oxygens (including phenoxy) is 1. The molecule has 3 rings (SSSR count). The van der Waals surface area contributed by atoms with Crippen LogP contribution in [0.1, 0.15) is 41.7 Å². The van der Waals surface area contributed by atoms with Gasteiger partial charge in [0.2, 0.25) is 5.91 Å². The highest BCUT2D eigenvalue weighted by atomic mass is 16.5. The summed E-state index contributed by atoms with van der Waals surface area (Å²) in [6, 6.07) is 11.0. The van der Waals surface area contributed by atoms with Gasteiger partial charge in [-0.05, 0) is 18.4 Å². The third kappa shape index (κ3) is 5.07. The Hall–Kier alpha value is -2.87. The summed E-state index contributed by atoms with van der Waals surface area (Å²) in [5.41, 5.74) is 6.53. The number of aromatic carboxylic acids is 1. The highest BCUT2D eigenvalue weighted by Crippen LogP contribution is 2.22. The molecular weight excluding hydrogens is 348 g/mol. The van der Waals surface area contributed by atoms with Crippen molar-refractivity contribution in [1.82, 2.24) is 15.1 Å². The zero-order valence-corrected chi connectivity index (χ0v) is 15.0. The second kappa shape index (κ2) is 8.68. The van der Waals surface area contributed by atoms with Gasteiger partial charge in [0.15, 0.2) is 0 Å². The first-order valence-electron chi connectivity index (χ1n) is 9.04. The molecule has 1 fully saturated rings. The first kappa shape index (κ1) is 18.9. The van der Waals surface area contributed by atoms with Crippen molar-refractivity contribution in [2.45, 2.75) is 51.0 Å². The van der Waals surface area contributed by atoms with E-state index in [1.54, 1.807) is 0 Å². The minimum Gasteiger partial charge on any atom is -0.477 e. The van der Waals surface area contributed by atoms with Gasteiger partial charge in [-0.3, -0.25) is 4.79 Å². The quantitative estimate of drug-likeness (QED) is 0.682. The molecule has 0 radical (unpaired) electrons. The lowest BCUT2D eigenvalue weighted by Crippen LogP contribution is -2.47. The molecule has 1 aromatic carbocycles. The zero-order chi connectivity index (χ0) is 19.2. The Morgan fingerprint density at radius 1 is 1.26 bits per heavy atom. The molecule has 1 saturated carbocycles. The lowest BCUT2D eigenvalue weighted by atomic mass is 9.92. The molecular formula is C19H24N4O4. The number of carboxylic acids is 1. The van der Waals surface area contributed by atoms with E-state index in [9.17, 15) is 9.59 Å². The molecule has 2 atom stereocenters. The fourth-order valence-electron chi connectivity index (χ4n) is 3.36. The number of hydrogen-bond donors (Lipinski definition) is 3. The second-order valence-corrected chi connectivity index (χ2v) is 6.71. The van der Waals surface area contributed by atoms with Gasteiger partial charge in [0.05, 0.1) is 18.8 Å². The highest BCUT2D eigenvalue weighted by molar-refractivity contribution is 5.87. The Labute approximate surface area is 157 Å². The maximum Gasteiger partial charge on any atom is 0.354 e. The first-order valence-corrected chi connectivity index (χ1v) is 9.04. The van der Waals surface area contributed by atoms with Gasteiger partial charge in [-0.1, -0.05) is 43.2 Å². The van der Waals surface area contributed by atoms with Crippen molar-refractivity contribution in [2.75, 3.05) is 5.73 Å². The van der Waals surface area contributed by atoms with Gasteiger partial charge in [-0.2, -0.15) is 5.10 Å². The monoisotopic (exact) mass is 372 g/mol. The fourth-order valence-corrected chi connectivity index (χ4v) is 3.36. The van der Waals surface area contributed by atoms with Crippen LogP contribution in [0.4, 0.5) is 5.82 Å². The van der Waals surface area contributed by atoms with E-state index in [1.165, 1.54) is 6.07 Å². The lowest BCUT2D eigenvalue weighted by molar-refractivity contribution is -0.124. The number of nitrogens with zero attached hydrogens (tertiary/aromatic N) is 2. The molecule has 2 unspecified atom stereocenters. The van der Waals surface area contributed by atoms with E-state index in [2.05, 4.69) is 10.4 Å². The normalized spacial score (nSPS) is 19.6. The van der Waals surface area contributed by atoms with Crippen LogP contribution in [-0.4, -0.2) is 38.9 Å². The number of anilines is 1. The number of aromatic nitrogens is 2. The minimum absolute atomic E-state index is 0.0652. The number of nitrogen functional groups attached to an aromatic ring is 1. The summed E-state index contributed by atoms with van der Waals surface area (Å²) in [6.07, 6.45) is 3.73. The Balaban J connectivity index is 1.58. The van der Waals surface area contributed by atoms with Crippen LogP contribution in [0.15, 0.2) is 36.4 Å². The Morgan fingerprint density at radius 3 is 2.74 bits per heavy atom. The van der Waals surface area contributed by atoms with Crippen LogP contribution in [0.25, 0.3) is 0 Å². The second-order valence-electron chi connectivity index (χ2n) is 6.71. The number of nitrogens with two attached hydrogens (primary N) is 1. The van der Waals surface area contributed by atoms with Gasteiger partial charge in [0.1, 0.15) is 18.1 Å². The van der Waals surface area contributed by atoms with Gasteiger partial charge < -0.3 is 20.9 Å². The number of carboxylic acid groups (broad SMARTS) is 1. The number of carbonyl (C=O) groups is 2. The fraction of sp³-hybridized carbons (Fsp3) is 0.421. The smallest absolute Gasteiger partial charge is 0.354 e. The van der Waals surface area contributed by atoms with Gasteiger partial charge in [0.25, 0.3) is 0 Å². The van der Waals surface area contributed by atoms with E-state index < -0.39 is 5.97 Å². The predicted octanol–water partition coefficient (Wildman–Crippen LogP) is 1.81. The summed E-state index contributed by atoms with van der Waals surface area (Å²) in [7, 11) is 0. The van der Waals surface area contributed by atoms with Gasteiger partial charge in [0, 0.05) is 6.07 Å². The summed E-state index contributed by atoms with van der Waals surface area (Å²) in [5, 5.41) is 16.0. The number of rotatable bonds is 7. The maximum atomic E-state index is 12.4. The van der Waals surface area contributed by atoms with Crippen LogP contribution in [0.2, 0.25) is 0 Å². The van der Waals surface area contributed by atoms with Gasteiger partial charge in [-0.25, -0.2) is 9.48 Å². The van der Waals surface area contributed by atoms with E-state index in [0.717, 1.165) is 35.9 Å². The molecule has 1 heterocycles. The van der Waals surface area contributed by atoms with Crippen LogP contribution in [-0.2, 0) is 22.7 Å². The van der Waals surface area contributed by atoms with E-state index in [0.29, 0.717) is 6.61 Å².